The topological polar surface area (TPSA) is 75.4 Å². The molecule has 6 heteroatoms. The Hall–Kier alpha value is -3.41. The number of carbonyl (C=O) groups is 2. The Labute approximate surface area is 188 Å². The average molecular weight is 432 g/mol. The van der Waals surface area contributed by atoms with E-state index >= 15 is 0 Å². The summed E-state index contributed by atoms with van der Waals surface area (Å²) in [7, 11) is 0. The van der Waals surface area contributed by atoms with Crippen LogP contribution in [0.2, 0.25) is 0 Å². The normalized spacial score (nSPS) is 14.3. The highest BCUT2D eigenvalue weighted by Crippen LogP contribution is 2.28. The Kier molecular flexibility index (Phi) is 7.00. The number of hydrogen-bond acceptors (Lipinski definition) is 4. The van der Waals surface area contributed by atoms with Crippen LogP contribution in [0.4, 0.5) is 0 Å². The summed E-state index contributed by atoms with van der Waals surface area (Å²) in [6.07, 6.45) is 6.22. The highest BCUT2D eigenvalue weighted by molar-refractivity contribution is 6.00. The Morgan fingerprint density at radius 3 is 2.75 bits per heavy atom. The zero-order valence-electron chi connectivity index (χ0n) is 18.5. The molecule has 2 aromatic carbocycles. The number of benzene rings is 2. The first kappa shape index (κ1) is 21.8. The first-order chi connectivity index (χ1) is 15.6. The van der Waals surface area contributed by atoms with E-state index in [9.17, 15) is 9.59 Å². The smallest absolute Gasteiger partial charge is 0.252 e. The van der Waals surface area contributed by atoms with Crippen LogP contribution in [-0.4, -0.2) is 41.3 Å². The number of carbonyl (C=O) groups excluding carboxylic acids is 2. The van der Waals surface area contributed by atoms with Gasteiger partial charge in [0.25, 0.3) is 5.91 Å². The van der Waals surface area contributed by atoms with E-state index in [4.69, 9.17) is 4.42 Å². The zero-order chi connectivity index (χ0) is 22.3. The highest BCUT2D eigenvalue weighted by atomic mass is 16.4. The van der Waals surface area contributed by atoms with Crippen molar-refractivity contribution in [1.29, 1.82) is 0 Å². The van der Waals surface area contributed by atoms with Gasteiger partial charge in [0.15, 0.2) is 5.76 Å². The molecule has 0 spiro atoms. The van der Waals surface area contributed by atoms with Crippen LogP contribution in [0.15, 0.2) is 59.1 Å². The second-order valence-electron chi connectivity index (χ2n) is 8.24. The van der Waals surface area contributed by atoms with Crippen LogP contribution in [0.25, 0.3) is 22.8 Å². The van der Waals surface area contributed by atoms with Gasteiger partial charge in [-0.25, -0.2) is 4.98 Å². The van der Waals surface area contributed by atoms with E-state index in [0.717, 1.165) is 37.8 Å². The molecule has 1 fully saturated rings. The number of amides is 2. The Morgan fingerprint density at radius 1 is 1.09 bits per heavy atom. The quantitative estimate of drug-likeness (QED) is 0.543. The number of rotatable bonds is 7. The molecule has 0 unspecified atom stereocenters. The lowest BCUT2D eigenvalue weighted by Gasteiger charge is -2.20. The molecule has 6 nitrogen and oxygen atoms in total. The van der Waals surface area contributed by atoms with Gasteiger partial charge in [-0.15, -0.1) is 0 Å². The van der Waals surface area contributed by atoms with Gasteiger partial charge < -0.3 is 14.6 Å². The minimum atomic E-state index is -0.169. The highest BCUT2D eigenvalue weighted by Gasteiger charge is 2.18. The van der Waals surface area contributed by atoms with E-state index in [1.807, 2.05) is 54.3 Å². The first-order valence-corrected chi connectivity index (χ1v) is 11.3. The van der Waals surface area contributed by atoms with Crippen LogP contribution in [0, 0.1) is 6.92 Å². The molecule has 0 radical (unpaired) electrons. The van der Waals surface area contributed by atoms with Crippen LogP contribution < -0.4 is 5.32 Å². The largest absolute Gasteiger partial charge is 0.436 e. The van der Waals surface area contributed by atoms with Crippen LogP contribution in [0.5, 0.6) is 0 Å². The number of likely N-dealkylation sites (tertiary alicyclic amines) is 1. The monoisotopic (exact) mass is 431 g/mol. The number of aromatic nitrogens is 1. The third-order valence-electron chi connectivity index (χ3n) is 5.81. The van der Waals surface area contributed by atoms with Crippen molar-refractivity contribution >= 4 is 11.8 Å². The number of oxazole rings is 1. The van der Waals surface area contributed by atoms with E-state index in [1.165, 1.54) is 5.56 Å². The lowest BCUT2D eigenvalue weighted by Crippen LogP contribution is -2.34. The zero-order valence-corrected chi connectivity index (χ0v) is 18.5. The molecule has 1 aromatic heterocycles. The predicted molar refractivity (Wildman–Crippen MR) is 124 cm³/mol. The third kappa shape index (κ3) is 5.25. The van der Waals surface area contributed by atoms with E-state index < -0.39 is 0 Å². The molecule has 0 aliphatic carbocycles. The molecular formula is C26H29N3O3. The van der Waals surface area contributed by atoms with Gasteiger partial charge in [-0.2, -0.15) is 0 Å². The van der Waals surface area contributed by atoms with Crippen molar-refractivity contribution in [2.24, 2.45) is 0 Å². The first-order valence-electron chi connectivity index (χ1n) is 11.3. The lowest BCUT2D eigenvalue weighted by atomic mass is 10.1. The summed E-state index contributed by atoms with van der Waals surface area (Å²) in [6, 6.07) is 15.4. The van der Waals surface area contributed by atoms with Gasteiger partial charge >= 0.3 is 0 Å². The summed E-state index contributed by atoms with van der Waals surface area (Å²) < 4.78 is 5.98. The fraction of sp³-hybridized carbons (Fsp3) is 0.346. The number of aryl methyl sites for hydroxylation is 1. The Morgan fingerprint density at radius 2 is 1.91 bits per heavy atom. The number of hydrogen-bond donors (Lipinski definition) is 1. The van der Waals surface area contributed by atoms with Gasteiger partial charge in [0.05, 0.1) is 11.8 Å². The second kappa shape index (κ2) is 10.3. The fourth-order valence-electron chi connectivity index (χ4n) is 3.96. The molecule has 32 heavy (non-hydrogen) atoms. The molecule has 3 aromatic rings. The summed E-state index contributed by atoms with van der Waals surface area (Å²) in [4.78, 5) is 31.3. The van der Waals surface area contributed by atoms with Gasteiger partial charge in [-0.1, -0.05) is 48.4 Å². The van der Waals surface area contributed by atoms with Crippen molar-refractivity contribution in [3.8, 4) is 22.8 Å². The molecule has 1 aliphatic rings. The van der Waals surface area contributed by atoms with Gasteiger partial charge in [0, 0.05) is 37.2 Å². The van der Waals surface area contributed by atoms with Gasteiger partial charge in [-0.05, 0) is 38.3 Å². The Balaban J connectivity index is 1.39. The van der Waals surface area contributed by atoms with E-state index in [-0.39, 0.29) is 11.8 Å². The maximum atomic E-state index is 12.9. The molecule has 0 saturated carbocycles. The molecule has 1 aliphatic heterocycles. The van der Waals surface area contributed by atoms with Crippen molar-refractivity contribution in [1.82, 2.24) is 15.2 Å². The van der Waals surface area contributed by atoms with E-state index in [1.54, 1.807) is 12.3 Å². The average Bonchev–Trinajstić information content (AvgIpc) is 3.21. The van der Waals surface area contributed by atoms with Crippen molar-refractivity contribution in [3.63, 3.8) is 0 Å². The van der Waals surface area contributed by atoms with Crippen molar-refractivity contribution in [2.75, 3.05) is 19.6 Å². The molecular weight excluding hydrogens is 402 g/mol. The van der Waals surface area contributed by atoms with Crippen molar-refractivity contribution in [2.45, 2.75) is 39.0 Å². The Bertz CT molecular complexity index is 1070. The molecule has 2 amide bonds. The molecule has 166 valence electrons. The third-order valence-corrected chi connectivity index (χ3v) is 5.81. The van der Waals surface area contributed by atoms with Gasteiger partial charge in [-0.3, -0.25) is 9.59 Å². The number of nitrogens with zero attached hydrogens (tertiary/aromatic N) is 2. The minimum Gasteiger partial charge on any atom is -0.436 e. The molecule has 0 bridgehead atoms. The van der Waals surface area contributed by atoms with Crippen molar-refractivity contribution < 1.29 is 14.0 Å². The van der Waals surface area contributed by atoms with Gasteiger partial charge in [0.1, 0.15) is 0 Å². The maximum absolute atomic E-state index is 12.9. The van der Waals surface area contributed by atoms with Crippen LogP contribution in [-0.2, 0) is 4.79 Å². The summed E-state index contributed by atoms with van der Waals surface area (Å²) in [5, 5.41) is 2.98. The van der Waals surface area contributed by atoms with Gasteiger partial charge in [0.2, 0.25) is 11.8 Å². The van der Waals surface area contributed by atoms with Crippen molar-refractivity contribution in [3.05, 3.63) is 65.9 Å². The summed E-state index contributed by atoms with van der Waals surface area (Å²) >= 11 is 0. The summed E-state index contributed by atoms with van der Waals surface area (Å²) in [5.41, 5.74) is 3.30. The number of nitrogens with one attached hydrogen (secondary N) is 1. The summed E-state index contributed by atoms with van der Waals surface area (Å²) in [6.45, 7) is 4.05. The minimum absolute atomic E-state index is 0.169. The lowest BCUT2D eigenvalue weighted by molar-refractivity contribution is -0.130. The summed E-state index contributed by atoms with van der Waals surface area (Å²) in [5.74, 6) is 1.14. The molecule has 1 saturated heterocycles. The van der Waals surface area contributed by atoms with Crippen LogP contribution in [0.3, 0.4) is 0 Å². The van der Waals surface area contributed by atoms with Crippen LogP contribution >= 0.6 is 0 Å². The molecule has 4 rings (SSSR count). The molecule has 0 atom stereocenters. The van der Waals surface area contributed by atoms with E-state index in [0.29, 0.717) is 42.3 Å². The molecule has 2 heterocycles. The fourth-order valence-corrected chi connectivity index (χ4v) is 3.96. The standard InChI is InChI=1S/C26H29N3O3/c1-19-11-13-20(14-12-19)23-18-28-26(32-23)22-9-5-4-8-21(22)25(31)27-15-7-17-29-16-6-2-3-10-24(29)30/h4-5,8-9,11-14,18H,2-3,6-7,10,15-17H2,1H3,(H,27,31). The van der Waals surface area contributed by atoms with Crippen LogP contribution in [0.1, 0.15) is 48.0 Å². The maximum Gasteiger partial charge on any atom is 0.252 e. The SMILES string of the molecule is Cc1ccc(-c2cnc(-c3ccccc3C(=O)NCCCN3CCCCCC3=O)o2)cc1. The second-order valence-corrected chi connectivity index (χ2v) is 8.24. The molecule has 1 N–H and O–H groups in total. The van der Waals surface area contributed by atoms with E-state index in [2.05, 4.69) is 10.3 Å². The predicted octanol–water partition coefficient (Wildman–Crippen LogP) is 4.84.